The number of rotatable bonds is 5. The fourth-order valence-corrected chi connectivity index (χ4v) is 3.56. The highest BCUT2D eigenvalue weighted by molar-refractivity contribution is 7.10. The zero-order chi connectivity index (χ0) is 14.5. The third-order valence-electron chi connectivity index (χ3n) is 4.27. The molecule has 3 rings (SSSR count). The van der Waals surface area contributed by atoms with Gasteiger partial charge in [0.25, 0.3) is 0 Å². The van der Waals surface area contributed by atoms with Crippen molar-refractivity contribution in [1.82, 2.24) is 14.5 Å². The second-order valence-corrected chi connectivity index (χ2v) is 7.09. The van der Waals surface area contributed by atoms with Gasteiger partial charge in [0.15, 0.2) is 0 Å². The largest absolute Gasteiger partial charge is 0.297 e. The number of nitrogens with zero attached hydrogens (tertiary/aromatic N) is 3. The number of aromatic nitrogens is 2. The summed E-state index contributed by atoms with van der Waals surface area (Å²) in [5, 5.41) is 4.10. The molecule has 1 fully saturated rings. The first-order valence-corrected chi connectivity index (χ1v) is 8.69. The van der Waals surface area contributed by atoms with Gasteiger partial charge in [0, 0.05) is 18.1 Å². The Morgan fingerprint density at radius 3 is 2.62 bits per heavy atom. The number of hydrogen-bond acceptors (Lipinski definition) is 4. The van der Waals surface area contributed by atoms with Gasteiger partial charge >= 0.3 is 0 Å². The summed E-state index contributed by atoms with van der Waals surface area (Å²) in [5.74, 6) is 0.852. The molecule has 21 heavy (non-hydrogen) atoms. The molecule has 112 valence electrons. The Labute approximate surface area is 135 Å². The fourth-order valence-electron chi connectivity index (χ4n) is 2.95. The zero-order valence-electron chi connectivity index (χ0n) is 12.0. The van der Waals surface area contributed by atoms with Crippen molar-refractivity contribution in [3.8, 4) is 0 Å². The molecule has 1 aliphatic heterocycles. The molecule has 5 heteroatoms. The van der Waals surface area contributed by atoms with Gasteiger partial charge in [-0.05, 0) is 50.3 Å². The third-order valence-corrected chi connectivity index (χ3v) is 5.26. The Morgan fingerprint density at radius 1 is 1.19 bits per heavy atom. The summed E-state index contributed by atoms with van der Waals surface area (Å²) in [5.41, 5.74) is 2.39. The normalized spacial score (nSPS) is 17.2. The molecule has 0 N–H and O–H groups in total. The summed E-state index contributed by atoms with van der Waals surface area (Å²) in [6, 6.07) is 10.8. The molecule has 0 radical (unpaired) electrons. The summed E-state index contributed by atoms with van der Waals surface area (Å²) >= 11 is 7.35. The summed E-state index contributed by atoms with van der Waals surface area (Å²) in [4.78, 5) is 2.45. The van der Waals surface area contributed by atoms with Crippen molar-refractivity contribution in [3.05, 3.63) is 45.9 Å². The smallest absolute Gasteiger partial charge is 0.138 e. The lowest BCUT2D eigenvalue weighted by molar-refractivity contribution is 0.171. The van der Waals surface area contributed by atoms with Crippen LogP contribution in [0.1, 0.15) is 30.5 Å². The van der Waals surface area contributed by atoms with Crippen LogP contribution in [0.3, 0.4) is 0 Å². The minimum atomic E-state index is 0.737. The molecule has 3 nitrogen and oxygen atoms in total. The molecule has 0 bridgehead atoms. The fraction of sp³-hybridized carbons (Fsp3) is 0.500. The number of benzene rings is 1. The standard InChI is InChI=1S/C16H20ClN3S/c17-16-15(18-19-21-16)12-20-10-8-14(9-11-20)7-6-13-4-2-1-3-5-13/h1-5,14H,6-12H2. The van der Waals surface area contributed by atoms with Gasteiger partial charge < -0.3 is 0 Å². The topological polar surface area (TPSA) is 29.0 Å². The molecule has 1 saturated heterocycles. The molecular weight excluding hydrogens is 302 g/mol. The molecule has 2 heterocycles. The van der Waals surface area contributed by atoms with Gasteiger partial charge in [-0.3, -0.25) is 4.90 Å². The SMILES string of the molecule is Clc1snnc1CN1CCC(CCc2ccccc2)CC1. The van der Waals surface area contributed by atoms with Gasteiger partial charge in [0.1, 0.15) is 10.0 Å². The second-order valence-electron chi connectivity index (χ2n) is 5.74. The number of halogens is 1. The first-order chi connectivity index (χ1) is 10.3. The first-order valence-electron chi connectivity index (χ1n) is 7.54. The monoisotopic (exact) mass is 321 g/mol. The van der Waals surface area contributed by atoms with Crippen molar-refractivity contribution in [3.63, 3.8) is 0 Å². The van der Waals surface area contributed by atoms with E-state index in [1.54, 1.807) is 0 Å². The van der Waals surface area contributed by atoms with Gasteiger partial charge in [0.2, 0.25) is 0 Å². The molecular formula is C16H20ClN3S. The van der Waals surface area contributed by atoms with Crippen LogP contribution >= 0.6 is 23.1 Å². The first kappa shape index (κ1) is 14.9. The third kappa shape index (κ3) is 4.25. The van der Waals surface area contributed by atoms with Gasteiger partial charge in [-0.25, -0.2) is 0 Å². The lowest BCUT2D eigenvalue weighted by Crippen LogP contribution is -2.33. The Hall–Kier alpha value is -0.970. The molecule has 1 aliphatic rings. The Bertz CT molecular complexity index is 550. The lowest BCUT2D eigenvalue weighted by atomic mass is 9.90. The molecule has 0 amide bonds. The zero-order valence-corrected chi connectivity index (χ0v) is 13.6. The van der Waals surface area contributed by atoms with Crippen LogP contribution in [0.4, 0.5) is 0 Å². The molecule has 1 aromatic heterocycles. The molecule has 1 aromatic carbocycles. The Balaban J connectivity index is 1.42. The van der Waals surface area contributed by atoms with Crippen LogP contribution in [-0.4, -0.2) is 27.6 Å². The van der Waals surface area contributed by atoms with Crippen LogP contribution in [0.2, 0.25) is 4.34 Å². The number of piperidine rings is 1. The van der Waals surface area contributed by atoms with Crippen LogP contribution in [0, 0.1) is 5.92 Å². The summed E-state index contributed by atoms with van der Waals surface area (Å²) in [7, 11) is 0. The van der Waals surface area contributed by atoms with E-state index in [1.807, 2.05) is 0 Å². The molecule has 0 unspecified atom stereocenters. The maximum Gasteiger partial charge on any atom is 0.138 e. The van der Waals surface area contributed by atoms with Crippen LogP contribution in [0.25, 0.3) is 0 Å². The quantitative estimate of drug-likeness (QED) is 0.832. The molecule has 0 atom stereocenters. The molecule has 0 spiro atoms. The predicted octanol–water partition coefficient (Wildman–Crippen LogP) is 4.04. The van der Waals surface area contributed by atoms with E-state index in [0.29, 0.717) is 0 Å². The van der Waals surface area contributed by atoms with Gasteiger partial charge in [0.05, 0.1) is 0 Å². The van der Waals surface area contributed by atoms with Crippen LogP contribution in [-0.2, 0) is 13.0 Å². The highest BCUT2D eigenvalue weighted by Gasteiger charge is 2.20. The average molecular weight is 322 g/mol. The van der Waals surface area contributed by atoms with Crippen molar-refractivity contribution < 1.29 is 0 Å². The van der Waals surface area contributed by atoms with E-state index < -0.39 is 0 Å². The predicted molar refractivity (Wildman–Crippen MR) is 87.7 cm³/mol. The highest BCUT2D eigenvalue weighted by Crippen LogP contribution is 2.25. The average Bonchev–Trinajstić information content (AvgIpc) is 2.93. The highest BCUT2D eigenvalue weighted by atomic mass is 35.5. The van der Waals surface area contributed by atoms with Crippen molar-refractivity contribution in [1.29, 1.82) is 0 Å². The van der Waals surface area contributed by atoms with E-state index in [2.05, 4.69) is 44.8 Å². The van der Waals surface area contributed by atoms with Gasteiger partial charge in [-0.1, -0.05) is 46.4 Å². The van der Waals surface area contributed by atoms with Crippen LogP contribution in [0.15, 0.2) is 30.3 Å². The van der Waals surface area contributed by atoms with E-state index in [-0.39, 0.29) is 0 Å². The van der Waals surface area contributed by atoms with Crippen LogP contribution in [0.5, 0.6) is 0 Å². The maximum atomic E-state index is 6.07. The second kappa shape index (κ2) is 7.34. The van der Waals surface area contributed by atoms with Crippen molar-refractivity contribution >= 4 is 23.1 Å². The van der Waals surface area contributed by atoms with Gasteiger partial charge in [-0.2, -0.15) is 0 Å². The Morgan fingerprint density at radius 2 is 1.95 bits per heavy atom. The maximum absolute atomic E-state index is 6.07. The van der Waals surface area contributed by atoms with Crippen LogP contribution < -0.4 is 0 Å². The van der Waals surface area contributed by atoms with E-state index in [1.165, 1.54) is 42.8 Å². The number of likely N-dealkylation sites (tertiary alicyclic amines) is 1. The molecule has 2 aromatic rings. The lowest BCUT2D eigenvalue weighted by Gasteiger charge is -2.31. The van der Waals surface area contributed by atoms with E-state index in [4.69, 9.17) is 11.6 Å². The van der Waals surface area contributed by atoms with E-state index in [0.717, 1.165) is 35.6 Å². The van der Waals surface area contributed by atoms with Crippen molar-refractivity contribution in [2.45, 2.75) is 32.2 Å². The molecule has 0 saturated carbocycles. The molecule has 0 aliphatic carbocycles. The number of aryl methyl sites for hydroxylation is 1. The van der Waals surface area contributed by atoms with Gasteiger partial charge in [-0.15, -0.1) is 5.10 Å². The summed E-state index contributed by atoms with van der Waals surface area (Å²) in [6.07, 6.45) is 5.06. The summed E-state index contributed by atoms with van der Waals surface area (Å²) in [6.45, 7) is 3.14. The Kier molecular flexibility index (Phi) is 5.22. The summed E-state index contributed by atoms with van der Waals surface area (Å²) < 4.78 is 4.64. The van der Waals surface area contributed by atoms with E-state index in [9.17, 15) is 0 Å². The minimum absolute atomic E-state index is 0.737. The minimum Gasteiger partial charge on any atom is -0.297 e. The van der Waals surface area contributed by atoms with E-state index >= 15 is 0 Å². The van der Waals surface area contributed by atoms with Crippen molar-refractivity contribution in [2.24, 2.45) is 5.92 Å². The number of hydrogen-bond donors (Lipinski definition) is 0. The van der Waals surface area contributed by atoms with Crippen molar-refractivity contribution in [2.75, 3.05) is 13.1 Å².